The highest BCUT2D eigenvalue weighted by Gasteiger charge is 2.07. The topological polar surface area (TPSA) is 24.9 Å². The second-order valence-corrected chi connectivity index (χ2v) is 4.97. The molecule has 0 unspecified atom stereocenters. The van der Waals surface area contributed by atoms with Gasteiger partial charge in [-0.15, -0.1) is 0 Å². The Morgan fingerprint density at radius 1 is 1.22 bits per heavy atom. The number of fused-ring (bicyclic) bond motifs is 1. The number of hydrogen-bond acceptors (Lipinski definition) is 2. The Kier molecular flexibility index (Phi) is 4.07. The number of anilines is 1. The molecule has 1 aromatic heterocycles. The van der Waals surface area contributed by atoms with Crippen LogP contribution in [-0.2, 0) is 6.42 Å². The molecule has 1 aromatic carbocycles. The molecule has 0 saturated heterocycles. The van der Waals surface area contributed by atoms with Crippen molar-refractivity contribution in [1.82, 2.24) is 4.98 Å². The summed E-state index contributed by atoms with van der Waals surface area (Å²) in [7, 11) is 0. The van der Waals surface area contributed by atoms with Gasteiger partial charge in [0.1, 0.15) is 0 Å². The van der Waals surface area contributed by atoms with E-state index in [0.717, 1.165) is 52.3 Å². The molecule has 0 aliphatic rings. The van der Waals surface area contributed by atoms with Gasteiger partial charge in [0.05, 0.1) is 5.52 Å². The van der Waals surface area contributed by atoms with E-state index < -0.39 is 0 Å². The number of aryl methyl sites for hydroxylation is 2. The van der Waals surface area contributed by atoms with Gasteiger partial charge in [-0.05, 0) is 44.0 Å². The highest BCUT2D eigenvalue weighted by molar-refractivity contribution is 6.32. The predicted molar refractivity (Wildman–Crippen MR) is 79.6 cm³/mol. The van der Waals surface area contributed by atoms with E-state index in [0.29, 0.717) is 0 Å². The summed E-state index contributed by atoms with van der Waals surface area (Å²) in [5, 5.41) is 5.35. The number of rotatable bonds is 4. The average molecular weight is 263 g/mol. The van der Waals surface area contributed by atoms with Crippen molar-refractivity contribution in [3.05, 3.63) is 34.5 Å². The third kappa shape index (κ3) is 2.59. The second-order valence-electron chi connectivity index (χ2n) is 4.56. The molecule has 0 amide bonds. The fraction of sp³-hybridized carbons (Fsp3) is 0.400. The molecule has 1 heterocycles. The van der Waals surface area contributed by atoms with E-state index in [1.165, 1.54) is 0 Å². The van der Waals surface area contributed by atoms with Gasteiger partial charge in [-0.3, -0.25) is 4.98 Å². The predicted octanol–water partition coefficient (Wildman–Crippen LogP) is 4.58. The fourth-order valence-electron chi connectivity index (χ4n) is 2.13. The number of halogens is 1. The minimum absolute atomic E-state index is 0.783. The maximum atomic E-state index is 6.19. The summed E-state index contributed by atoms with van der Waals surface area (Å²) < 4.78 is 0. The number of hydrogen-bond donors (Lipinski definition) is 1. The Bertz CT molecular complexity index is 564. The summed E-state index contributed by atoms with van der Waals surface area (Å²) in [5.41, 5.74) is 4.35. The lowest BCUT2D eigenvalue weighted by Crippen LogP contribution is -2.01. The van der Waals surface area contributed by atoms with Crippen molar-refractivity contribution < 1.29 is 0 Å². The van der Waals surface area contributed by atoms with Crippen LogP contribution in [0.1, 0.15) is 31.5 Å². The van der Waals surface area contributed by atoms with E-state index in [4.69, 9.17) is 11.6 Å². The Hall–Kier alpha value is -1.28. The zero-order chi connectivity index (χ0) is 13.1. The molecule has 2 rings (SSSR count). The van der Waals surface area contributed by atoms with Gasteiger partial charge in [0.2, 0.25) is 0 Å². The van der Waals surface area contributed by atoms with Crippen molar-refractivity contribution in [1.29, 1.82) is 0 Å². The quantitative estimate of drug-likeness (QED) is 0.872. The van der Waals surface area contributed by atoms with Gasteiger partial charge in [0.15, 0.2) is 0 Å². The van der Waals surface area contributed by atoms with Gasteiger partial charge in [0.25, 0.3) is 0 Å². The molecule has 0 aliphatic carbocycles. The summed E-state index contributed by atoms with van der Waals surface area (Å²) in [6.07, 6.45) is 2.10. The van der Waals surface area contributed by atoms with Crippen LogP contribution in [-0.4, -0.2) is 11.5 Å². The largest absolute Gasteiger partial charge is 0.385 e. The molecule has 0 radical (unpaired) electrons. The molecule has 0 atom stereocenters. The number of pyridine rings is 1. The van der Waals surface area contributed by atoms with Gasteiger partial charge in [-0.2, -0.15) is 0 Å². The van der Waals surface area contributed by atoms with Crippen LogP contribution in [0.15, 0.2) is 18.2 Å². The van der Waals surface area contributed by atoms with Crippen molar-refractivity contribution in [3.8, 4) is 0 Å². The summed E-state index contributed by atoms with van der Waals surface area (Å²) in [6, 6.07) is 6.23. The summed E-state index contributed by atoms with van der Waals surface area (Å²) in [6.45, 7) is 7.21. The molecule has 96 valence electrons. The maximum absolute atomic E-state index is 6.19. The SMILES string of the molecule is CCCc1cc(NCC)c2cc(C)c(Cl)cc2n1. The van der Waals surface area contributed by atoms with Gasteiger partial charge in [-0.1, -0.05) is 24.9 Å². The second kappa shape index (κ2) is 5.57. The zero-order valence-corrected chi connectivity index (χ0v) is 11.9. The van der Waals surface area contributed by atoms with Gasteiger partial charge in [-0.25, -0.2) is 0 Å². The Labute approximate surface area is 113 Å². The fourth-order valence-corrected chi connectivity index (χ4v) is 2.29. The van der Waals surface area contributed by atoms with Crippen LogP contribution in [0.4, 0.5) is 5.69 Å². The molecule has 0 saturated carbocycles. The molecule has 2 aromatic rings. The van der Waals surface area contributed by atoms with E-state index in [-0.39, 0.29) is 0 Å². The first-order valence-electron chi connectivity index (χ1n) is 6.49. The zero-order valence-electron chi connectivity index (χ0n) is 11.2. The molecule has 2 nitrogen and oxygen atoms in total. The van der Waals surface area contributed by atoms with E-state index in [1.807, 2.05) is 13.0 Å². The lowest BCUT2D eigenvalue weighted by molar-refractivity contribution is 0.890. The lowest BCUT2D eigenvalue weighted by atomic mass is 10.1. The number of aromatic nitrogens is 1. The Morgan fingerprint density at radius 2 is 2.00 bits per heavy atom. The van der Waals surface area contributed by atoms with Crippen molar-refractivity contribution >= 4 is 28.2 Å². The van der Waals surface area contributed by atoms with Crippen LogP contribution in [0, 0.1) is 6.92 Å². The van der Waals surface area contributed by atoms with Gasteiger partial charge >= 0.3 is 0 Å². The van der Waals surface area contributed by atoms with Crippen molar-refractivity contribution in [3.63, 3.8) is 0 Å². The van der Waals surface area contributed by atoms with Crippen LogP contribution in [0.3, 0.4) is 0 Å². The smallest absolute Gasteiger partial charge is 0.0741 e. The molecular weight excluding hydrogens is 244 g/mol. The van der Waals surface area contributed by atoms with E-state index in [2.05, 4.69) is 36.3 Å². The molecule has 0 spiro atoms. The number of nitrogens with zero attached hydrogens (tertiary/aromatic N) is 1. The first kappa shape index (κ1) is 13.2. The maximum Gasteiger partial charge on any atom is 0.0741 e. The lowest BCUT2D eigenvalue weighted by Gasteiger charge is -2.11. The van der Waals surface area contributed by atoms with Crippen LogP contribution in [0.25, 0.3) is 10.9 Å². The standard InChI is InChI=1S/C15H19ClN2/c1-4-6-11-8-14(17-5-2)12-7-10(3)13(16)9-15(12)18-11/h7-9H,4-6H2,1-3H3,(H,17,18). The number of nitrogens with one attached hydrogen (secondary N) is 1. The third-order valence-electron chi connectivity index (χ3n) is 3.02. The molecule has 18 heavy (non-hydrogen) atoms. The Morgan fingerprint density at radius 3 is 2.67 bits per heavy atom. The monoisotopic (exact) mass is 262 g/mol. The minimum atomic E-state index is 0.783. The molecule has 0 bridgehead atoms. The summed E-state index contributed by atoms with van der Waals surface area (Å²) in [4.78, 5) is 4.69. The van der Waals surface area contributed by atoms with Crippen LogP contribution < -0.4 is 5.32 Å². The van der Waals surface area contributed by atoms with Crippen molar-refractivity contribution in [2.45, 2.75) is 33.6 Å². The van der Waals surface area contributed by atoms with Crippen molar-refractivity contribution in [2.24, 2.45) is 0 Å². The highest BCUT2D eigenvalue weighted by atomic mass is 35.5. The highest BCUT2D eigenvalue weighted by Crippen LogP contribution is 2.28. The summed E-state index contributed by atoms with van der Waals surface area (Å²) >= 11 is 6.19. The van der Waals surface area contributed by atoms with Crippen LogP contribution in [0.5, 0.6) is 0 Å². The Balaban J connectivity index is 2.64. The molecule has 3 heteroatoms. The molecule has 0 fully saturated rings. The average Bonchev–Trinajstić information content (AvgIpc) is 2.32. The van der Waals surface area contributed by atoms with E-state index in [1.54, 1.807) is 0 Å². The first-order chi connectivity index (χ1) is 8.65. The number of benzene rings is 1. The third-order valence-corrected chi connectivity index (χ3v) is 3.42. The normalized spacial score (nSPS) is 10.9. The van der Waals surface area contributed by atoms with E-state index in [9.17, 15) is 0 Å². The molecular formula is C15H19ClN2. The molecule has 1 N–H and O–H groups in total. The molecule has 0 aliphatic heterocycles. The first-order valence-corrected chi connectivity index (χ1v) is 6.87. The van der Waals surface area contributed by atoms with Gasteiger partial charge in [0, 0.05) is 28.3 Å². The van der Waals surface area contributed by atoms with E-state index >= 15 is 0 Å². The van der Waals surface area contributed by atoms with Gasteiger partial charge < -0.3 is 5.32 Å². The minimum Gasteiger partial charge on any atom is -0.385 e. The summed E-state index contributed by atoms with van der Waals surface area (Å²) in [5.74, 6) is 0. The van der Waals surface area contributed by atoms with Crippen LogP contribution in [0.2, 0.25) is 5.02 Å². The van der Waals surface area contributed by atoms with Crippen molar-refractivity contribution in [2.75, 3.05) is 11.9 Å². The van der Waals surface area contributed by atoms with Crippen LogP contribution >= 0.6 is 11.6 Å².